The van der Waals surface area contributed by atoms with Gasteiger partial charge in [-0.25, -0.2) is 0 Å². The lowest BCUT2D eigenvalue weighted by Crippen LogP contribution is -2.01. The van der Waals surface area contributed by atoms with Gasteiger partial charge in [0, 0.05) is 16.6 Å². The molecule has 18 heavy (non-hydrogen) atoms. The molecule has 0 unspecified atom stereocenters. The lowest BCUT2D eigenvalue weighted by Gasteiger charge is -2.11. The van der Waals surface area contributed by atoms with Crippen molar-refractivity contribution in [3.05, 3.63) is 57.8 Å². The van der Waals surface area contributed by atoms with Crippen molar-refractivity contribution in [2.75, 3.05) is 0 Å². The maximum absolute atomic E-state index is 5.86. The zero-order valence-corrected chi connectivity index (χ0v) is 13.2. The predicted molar refractivity (Wildman–Crippen MR) is 80.1 cm³/mol. The molecule has 2 aromatic rings. The van der Waals surface area contributed by atoms with E-state index in [9.17, 15) is 0 Å². The molecule has 2 nitrogen and oxygen atoms in total. The zero-order valence-electron chi connectivity index (χ0n) is 9.99. The van der Waals surface area contributed by atoms with E-state index in [2.05, 4.69) is 36.8 Å². The molecule has 0 aliphatic carbocycles. The topological polar surface area (TPSA) is 22.1 Å². The van der Waals surface area contributed by atoms with Crippen molar-refractivity contribution in [1.29, 1.82) is 0 Å². The normalized spacial score (nSPS) is 10.4. The van der Waals surface area contributed by atoms with E-state index in [1.54, 1.807) is 0 Å². The molecule has 0 N–H and O–H groups in total. The van der Waals surface area contributed by atoms with Gasteiger partial charge in [-0.2, -0.15) is 0 Å². The van der Waals surface area contributed by atoms with Crippen molar-refractivity contribution in [3.63, 3.8) is 0 Å². The SMILES string of the molecule is Cc1cccc(COc2c(Br)cccc2CBr)n1. The number of alkyl halides is 1. The van der Waals surface area contributed by atoms with Crippen LogP contribution in [-0.2, 0) is 11.9 Å². The molecule has 0 amide bonds. The standard InChI is InChI=1S/C14H13Br2NO/c1-10-4-2-6-12(17-10)9-18-14-11(8-15)5-3-7-13(14)16/h2-7H,8-9H2,1H3. The minimum Gasteiger partial charge on any atom is -0.486 e. The highest BCUT2D eigenvalue weighted by atomic mass is 79.9. The average Bonchev–Trinajstić information content (AvgIpc) is 2.37. The van der Waals surface area contributed by atoms with Crippen molar-refractivity contribution in [2.24, 2.45) is 0 Å². The first kappa shape index (κ1) is 13.6. The summed E-state index contributed by atoms with van der Waals surface area (Å²) in [4.78, 5) is 4.42. The van der Waals surface area contributed by atoms with Crippen molar-refractivity contribution in [2.45, 2.75) is 18.9 Å². The molecule has 0 spiro atoms. The van der Waals surface area contributed by atoms with E-state index in [-0.39, 0.29) is 0 Å². The van der Waals surface area contributed by atoms with Crippen molar-refractivity contribution in [3.8, 4) is 5.75 Å². The van der Waals surface area contributed by atoms with Crippen LogP contribution in [0.15, 0.2) is 40.9 Å². The number of rotatable bonds is 4. The molecule has 1 aromatic heterocycles. The van der Waals surface area contributed by atoms with E-state index in [1.807, 2.05) is 43.3 Å². The van der Waals surface area contributed by atoms with Crippen LogP contribution >= 0.6 is 31.9 Å². The smallest absolute Gasteiger partial charge is 0.138 e. The van der Waals surface area contributed by atoms with E-state index >= 15 is 0 Å². The zero-order chi connectivity index (χ0) is 13.0. The Labute approximate surface area is 124 Å². The number of aromatic nitrogens is 1. The lowest BCUT2D eigenvalue weighted by molar-refractivity contribution is 0.297. The van der Waals surface area contributed by atoms with Crippen LogP contribution in [0.4, 0.5) is 0 Å². The molecule has 0 atom stereocenters. The van der Waals surface area contributed by atoms with E-state index in [4.69, 9.17) is 4.74 Å². The Bertz CT molecular complexity index is 543. The number of pyridine rings is 1. The van der Waals surface area contributed by atoms with Gasteiger partial charge in [-0.05, 0) is 41.1 Å². The second-order valence-electron chi connectivity index (χ2n) is 3.92. The van der Waals surface area contributed by atoms with Gasteiger partial charge < -0.3 is 4.74 Å². The highest BCUT2D eigenvalue weighted by molar-refractivity contribution is 9.10. The van der Waals surface area contributed by atoms with Crippen molar-refractivity contribution >= 4 is 31.9 Å². The summed E-state index contributed by atoms with van der Waals surface area (Å²) in [5.41, 5.74) is 3.06. The van der Waals surface area contributed by atoms with E-state index in [1.165, 1.54) is 0 Å². The van der Waals surface area contributed by atoms with Crippen LogP contribution in [0, 0.1) is 6.92 Å². The molecule has 0 bridgehead atoms. The van der Waals surface area contributed by atoms with E-state index in [0.29, 0.717) is 6.61 Å². The predicted octanol–water partition coefficient (Wildman–Crippen LogP) is 4.63. The summed E-state index contributed by atoms with van der Waals surface area (Å²) in [5.74, 6) is 0.873. The molecule has 94 valence electrons. The Kier molecular flexibility index (Phi) is 4.78. The molecular formula is C14H13Br2NO. The maximum Gasteiger partial charge on any atom is 0.138 e. The van der Waals surface area contributed by atoms with Crippen LogP contribution in [0.2, 0.25) is 0 Å². The van der Waals surface area contributed by atoms with Gasteiger partial charge in [-0.3, -0.25) is 4.98 Å². The molecule has 0 radical (unpaired) electrons. The third kappa shape index (κ3) is 3.33. The van der Waals surface area contributed by atoms with Gasteiger partial charge in [-0.1, -0.05) is 34.1 Å². The number of benzene rings is 1. The molecule has 4 heteroatoms. The largest absolute Gasteiger partial charge is 0.486 e. The van der Waals surface area contributed by atoms with Crippen LogP contribution in [0.3, 0.4) is 0 Å². The fraction of sp³-hybridized carbons (Fsp3) is 0.214. The fourth-order valence-electron chi connectivity index (χ4n) is 1.65. The van der Waals surface area contributed by atoms with Gasteiger partial charge in [0.2, 0.25) is 0 Å². The first-order valence-electron chi connectivity index (χ1n) is 5.59. The highest BCUT2D eigenvalue weighted by Gasteiger charge is 2.07. The van der Waals surface area contributed by atoms with Crippen molar-refractivity contribution < 1.29 is 4.74 Å². The van der Waals surface area contributed by atoms with Gasteiger partial charge in [0.25, 0.3) is 0 Å². The summed E-state index contributed by atoms with van der Waals surface area (Å²) in [6, 6.07) is 12.0. The third-order valence-electron chi connectivity index (χ3n) is 2.50. The Morgan fingerprint density at radius 2 is 1.94 bits per heavy atom. The number of hydrogen-bond donors (Lipinski definition) is 0. The monoisotopic (exact) mass is 369 g/mol. The summed E-state index contributed by atoms with van der Waals surface area (Å²) in [7, 11) is 0. The molecule has 0 aliphatic rings. The van der Waals surface area contributed by atoms with Crippen LogP contribution in [0.1, 0.15) is 17.0 Å². The van der Waals surface area contributed by atoms with Crippen LogP contribution in [-0.4, -0.2) is 4.98 Å². The van der Waals surface area contributed by atoms with Gasteiger partial charge in [0.15, 0.2) is 0 Å². The Morgan fingerprint density at radius 3 is 2.67 bits per heavy atom. The van der Waals surface area contributed by atoms with Crippen LogP contribution < -0.4 is 4.74 Å². The number of halogens is 2. The van der Waals surface area contributed by atoms with Gasteiger partial charge in [-0.15, -0.1) is 0 Å². The summed E-state index contributed by atoms with van der Waals surface area (Å²) in [6.07, 6.45) is 0. The van der Waals surface area contributed by atoms with E-state index < -0.39 is 0 Å². The van der Waals surface area contributed by atoms with Crippen molar-refractivity contribution in [1.82, 2.24) is 4.98 Å². The van der Waals surface area contributed by atoms with Gasteiger partial charge in [0.1, 0.15) is 12.4 Å². The van der Waals surface area contributed by atoms with Gasteiger partial charge >= 0.3 is 0 Å². The fourth-order valence-corrected chi connectivity index (χ4v) is 2.61. The van der Waals surface area contributed by atoms with Crippen LogP contribution in [0.5, 0.6) is 5.75 Å². The summed E-state index contributed by atoms with van der Waals surface area (Å²) in [5, 5.41) is 0.767. The Morgan fingerprint density at radius 1 is 1.17 bits per heavy atom. The number of nitrogens with zero attached hydrogens (tertiary/aromatic N) is 1. The minimum atomic E-state index is 0.476. The molecular weight excluding hydrogens is 358 g/mol. The molecule has 0 saturated heterocycles. The third-order valence-corrected chi connectivity index (χ3v) is 3.73. The molecule has 1 heterocycles. The molecule has 2 rings (SSSR count). The second kappa shape index (κ2) is 6.34. The second-order valence-corrected chi connectivity index (χ2v) is 5.34. The van der Waals surface area contributed by atoms with E-state index in [0.717, 1.165) is 32.5 Å². The Balaban J connectivity index is 2.15. The number of hydrogen-bond acceptors (Lipinski definition) is 2. The highest BCUT2D eigenvalue weighted by Crippen LogP contribution is 2.31. The van der Waals surface area contributed by atoms with Gasteiger partial charge in [0.05, 0.1) is 10.2 Å². The molecule has 0 saturated carbocycles. The minimum absolute atomic E-state index is 0.476. The van der Waals surface area contributed by atoms with Crippen LogP contribution in [0.25, 0.3) is 0 Å². The molecule has 0 aliphatic heterocycles. The number of para-hydroxylation sites is 1. The quantitative estimate of drug-likeness (QED) is 0.732. The molecule has 0 fully saturated rings. The average molecular weight is 371 g/mol. The summed E-state index contributed by atoms with van der Waals surface area (Å²) in [6.45, 7) is 2.45. The first-order valence-corrected chi connectivity index (χ1v) is 7.51. The number of ether oxygens (including phenoxy) is 1. The summed E-state index contributed by atoms with van der Waals surface area (Å²) < 4.78 is 6.83. The maximum atomic E-state index is 5.86. The first-order chi connectivity index (χ1) is 8.70. The summed E-state index contributed by atoms with van der Waals surface area (Å²) >= 11 is 6.97. The number of aryl methyl sites for hydroxylation is 1. The lowest BCUT2D eigenvalue weighted by atomic mass is 10.2. The Hall–Kier alpha value is -0.870. The molecule has 1 aromatic carbocycles.